The summed E-state index contributed by atoms with van der Waals surface area (Å²) in [5.74, 6) is 0.320. The summed E-state index contributed by atoms with van der Waals surface area (Å²) >= 11 is 0. The molecule has 3 fully saturated rings. The predicted octanol–water partition coefficient (Wildman–Crippen LogP) is 3.22. The molecule has 7 nitrogen and oxygen atoms in total. The fourth-order valence-electron chi connectivity index (χ4n) is 6.21. The lowest BCUT2D eigenvalue weighted by Gasteiger charge is -2.50. The molecule has 1 aliphatic carbocycles. The van der Waals surface area contributed by atoms with Gasteiger partial charge in [0.1, 0.15) is 0 Å². The first-order valence-corrected chi connectivity index (χ1v) is 15.1. The van der Waals surface area contributed by atoms with Gasteiger partial charge in [-0.3, -0.25) is 9.69 Å². The van der Waals surface area contributed by atoms with Gasteiger partial charge in [0.2, 0.25) is 10.0 Å². The van der Waals surface area contributed by atoms with Gasteiger partial charge in [-0.2, -0.15) is 4.31 Å². The van der Waals surface area contributed by atoms with Crippen LogP contribution in [-0.2, 0) is 10.0 Å². The SMILES string of the molecule is CCN1CCN(C2(CNCC(=O)c3cccc(S(=O)(=O)N4CCCC(C)C4)c3)CCCCC2)CC1. The maximum absolute atomic E-state index is 13.2. The van der Waals surface area contributed by atoms with E-state index in [2.05, 4.69) is 29.0 Å². The van der Waals surface area contributed by atoms with Gasteiger partial charge in [0.05, 0.1) is 11.4 Å². The second-order valence-electron chi connectivity index (χ2n) is 10.9. The van der Waals surface area contributed by atoms with Gasteiger partial charge in [-0.25, -0.2) is 8.42 Å². The summed E-state index contributed by atoms with van der Waals surface area (Å²) < 4.78 is 27.9. The van der Waals surface area contributed by atoms with Crippen LogP contribution in [0.1, 0.15) is 69.2 Å². The highest BCUT2D eigenvalue weighted by molar-refractivity contribution is 7.89. The number of rotatable bonds is 9. The van der Waals surface area contributed by atoms with E-state index in [0.29, 0.717) is 24.6 Å². The number of ketones is 1. The van der Waals surface area contributed by atoms with Crippen molar-refractivity contribution in [1.29, 1.82) is 0 Å². The summed E-state index contributed by atoms with van der Waals surface area (Å²) in [6, 6.07) is 6.62. The normalized spacial score (nSPS) is 24.9. The van der Waals surface area contributed by atoms with Crippen LogP contribution in [0.4, 0.5) is 0 Å². The first-order chi connectivity index (χ1) is 16.8. The summed E-state index contributed by atoms with van der Waals surface area (Å²) in [4.78, 5) is 18.5. The lowest BCUT2D eigenvalue weighted by molar-refractivity contribution is 0.00929. The number of hydrogen-bond acceptors (Lipinski definition) is 6. The first-order valence-electron chi connectivity index (χ1n) is 13.7. The van der Waals surface area contributed by atoms with E-state index in [4.69, 9.17) is 0 Å². The van der Waals surface area contributed by atoms with Crippen molar-refractivity contribution in [2.75, 3.05) is 58.9 Å². The molecule has 0 bridgehead atoms. The lowest BCUT2D eigenvalue weighted by atomic mass is 9.79. The minimum atomic E-state index is -3.57. The number of benzene rings is 1. The third kappa shape index (κ3) is 6.34. The van der Waals surface area contributed by atoms with Crippen molar-refractivity contribution >= 4 is 15.8 Å². The molecule has 196 valence electrons. The summed E-state index contributed by atoms with van der Waals surface area (Å²) in [5.41, 5.74) is 0.604. The van der Waals surface area contributed by atoms with Crippen LogP contribution in [0.15, 0.2) is 29.2 Å². The van der Waals surface area contributed by atoms with Crippen molar-refractivity contribution in [2.24, 2.45) is 5.92 Å². The van der Waals surface area contributed by atoms with E-state index in [-0.39, 0.29) is 22.8 Å². The number of sulfonamides is 1. The van der Waals surface area contributed by atoms with Crippen molar-refractivity contribution in [2.45, 2.75) is 69.2 Å². The molecular formula is C27H44N4O3S. The molecule has 0 aromatic heterocycles. The fourth-order valence-corrected chi connectivity index (χ4v) is 7.85. The Kier molecular flexibility index (Phi) is 9.03. The molecule has 1 aromatic carbocycles. The van der Waals surface area contributed by atoms with E-state index in [1.54, 1.807) is 28.6 Å². The van der Waals surface area contributed by atoms with Gasteiger partial charge in [-0.15, -0.1) is 0 Å². The highest BCUT2D eigenvalue weighted by atomic mass is 32.2. The molecule has 35 heavy (non-hydrogen) atoms. The van der Waals surface area contributed by atoms with Crippen LogP contribution in [-0.4, -0.2) is 92.7 Å². The van der Waals surface area contributed by atoms with Gasteiger partial charge in [0.15, 0.2) is 5.78 Å². The molecule has 1 N–H and O–H groups in total. The van der Waals surface area contributed by atoms with E-state index in [0.717, 1.165) is 52.1 Å². The number of nitrogens with zero attached hydrogens (tertiary/aromatic N) is 3. The number of hydrogen-bond donors (Lipinski definition) is 1. The van der Waals surface area contributed by atoms with Gasteiger partial charge < -0.3 is 10.2 Å². The van der Waals surface area contributed by atoms with E-state index >= 15 is 0 Å². The van der Waals surface area contributed by atoms with Crippen LogP contribution in [0.25, 0.3) is 0 Å². The summed E-state index contributed by atoms with van der Waals surface area (Å²) in [6.07, 6.45) is 8.11. The minimum absolute atomic E-state index is 0.0455. The van der Waals surface area contributed by atoms with Gasteiger partial charge in [-0.05, 0) is 50.3 Å². The molecule has 8 heteroatoms. The molecule has 3 aliphatic rings. The Morgan fingerprint density at radius 3 is 2.49 bits per heavy atom. The Balaban J connectivity index is 1.38. The van der Waals surface area contributed by atoms with Gasteiger partial charge in [0.25, 0.3) is 0 Å². The zero-order valence-electron chi connectivity index (χ0n) is 21.7. The van der Waals surface area contributed by atoms with E-state index in [9.17, 15) is 13.2 Å². The van der Waals surface area contributed by atoms with Crippen LogP contribution in [0.3, 0.4) is 0 Å². The lowest BCUT2D eigenvalue weighted by Crippen LogP contribution is -2.61. The van der Waals surface area contributed by atoms with Gasteiger partial charge in [0, 0.05) is 56.9 Å². The Morgan fingerprint density at radius 1 is 1.06 bits per heavy atom. The fraction of sp³-hybridized carbons (Fsp3) is 0.741. The molecule has 0 radical (unpaired) electrons. The van der Waals surface area contributed by atoms with Gasteiger partial charge in [-0.1, -0.05) is 45.2 Å². The van der Waals surface area contributed by atoms with Gasteiger partial charge >= 0.3 is 0 Å². The van der Waals surface area contributed by atoms with Crippen molar-refractivity contribution in [1.82, 2.24) is 19.4 Å². The van der Waals surface area contributed by atoms with E-state index in [1.165, 1.54) is 32.1 Å². The van der Waals surface area contributed by atoms with Crippen molar-refractivity contribution in [3.05, 3.63) is 29.8 Å². The van der Waals surface area contributed by atoms with Crippen LogP contribution in [0.5, 0.6) is 0 Å². The summed E-state index contributed by atoms with van der Waals surface area (Å²) in [7, 11) is -3.57. The molecule has 1 aromatic rings. The zero-order valence-corrected chi connectivity index (χ0v) is 22.5. The third-order valence-corrected chi connectivity index (χ3v) is 10.3. The second-order valence-corrected chi connectivity index (χ2v) is 12.8. The summed E-state index contributed by atoms with van der Waals surface area (Å²) in [5, 5.41) is 3.48. The molecule has 1 unspecified atom stereocenters. The average Bonchev–Trinajstić information content (AvgIpc) is 2.89. The molecule has 2 saturated heterocycles. The second kappa shape index (κ2) is 11.8. The molecule has 0 amide bonds. The molecule has 0 spiro atoms. The van der Waals surface area contributed by atoms with E-state index in [1.807, 2.05) is 0 Å². The number of piperazine rings is 1. The number of carbonyl (C=O) groups excluding carboxylic acids is 1. The third-order valence-electron chi connectivity index (χ3n) is 8.43. The topological polar surface area (TPSA) is 73.0 Å². The quantitative estimate of drug-likeness (QED) is 0.521. The Morgan fingerprint density at radius 2 is 1.80 bits per heavy atom. The van der Waals surface area contributed by atoms with Crippen molar-refractivity contribution in [3.63, 3.8) is 0 Å². The predicted molar refractivity (Wildman–Crippen MR) is 140 cm³/mol. The van der Waals surface area contributed by atoms with E-state index < -0.39 is 10.0 Å². The van der Waals surface area contributed by atoms with Crippen molar-refractivity contribution in [3.8, 4) is 0 Å². The van der Waals surface area contributed by atoms with Crippen LogP contribution < -0.4 is 5.32 Å². The van der Waals surface area contributed by atoms with Crippen molar-refractivity contribution < 1.29 is 13.2 Å². The number of carbonyl (C=O) groups is 1. The Hall–Kier alpha value is -1.32. The maximum atomic E-state index is 13.2. The largest absolute Gasteiger partial charge is 0.308 e. The first kappa shape index (κ1) is 26.7. The number of Topliss-reactive ketones (excluding diaryl/α,β-unsaturated/α-hetero) is 1. The highest BCUT2D eigenvalue weighted by Gasteiger charge is 2.39. The number of piperidine rings is 1. The Labute approximate surface area is 212 Å². The van der Waals surface area contributed by atoms with Crippen LogP contribution in [0.2, 0.25) is 0 Å². The summed E-state index contributed by atoms with van der Waals surface area (Å²) in [6.45, 7) is 12.0. The maximum Gasteiger partial charge on any atom is 0.243 e. The molecular weight excluding hydrogens is 460 g/mol. The smallest absolute Gasteiger partial charge is 0.243 e. The molecule has 1 saturated carbocycles. The van der Waals surface area contributed by atoms with Crippen LogP contribution in [0, 0.1) is 5.92 Å². The standard InChI is InChI=1S/C27H44N4O3S/c1-3-29-15-17-30(18-16-29)27(12-5-4-6-13-27)22-28-20-26(32)24-10-7-11-25(19-24)35(33,34)31-14-8-9-23(2)21-31/h7,10-11,19,23,28H,3-6,8-9,12-18,20-22H2,1-2H3. The molecule has 4 rings (SSSR count). The average molecular weight is 505 g/mol. The zero-order chi connectivity index (χ0) is 24.9. The Bertz CT molecular complexity index is 953. The minimum Gasteiger partial charge on any atom is -0.308 e. The highest BCUT2D eigenvalue weighted by Crippen LogP contribution is 2.34. The number of likely N-dealkylation sites (N-methyl/N-ethyl adjacent to an activating group) is 1. The monoisotopic (exact) mass is 504 g/mol. The van der Waals surface area contributed by atoms with Crippen LogP contribution >= 0.6 is 0 Å². The molecule has 2 heterocycles. The molecule has 2 aliphatic heterocycles. The number of nitrogens with one attached hydrogen (secondary N) is 1. The molecule has 1 atom stereocenters.